The number of carbonyl (C=O) groups excluding carboxylic acids is 1. The number of rotatable bonds is 3. The number of halogens is 1. The van der Waals surface area contributed by atoms with Crippen molar-refractivity contribution in [3.8, 4) is 0 Å². The van der Waals surface area contributed by atoms with E-state index in [0.717, 1.165) is 37.5 Å². The van der Waals surface area contributed by atoms with Crippen LogP contribution in [0, 0.1) is 12.8 Å². The van der Waals surface area contributed by atoms with Crippen LogP contribution in [0.1, 0.15) is 48.7 Å². The lowest BCUT2D eigenvalue weighted by molar-refractivity contribution is 0.0686. The highest BCUT2D eigenvalue weighted by atomic mass is 35.5. The first-order valence-corrected chi connectivity index (χ1v) is 7.41. The van der Waals surface area contributed by atoms with E-state index >= 15 is 0 Å². The second-order valence-corrected chi connectivity index (χ2v) is 5.73. The summed E-state index contributed by atoms with van der Waals surface area (Å²) in [4.78, 5) is 18.4. The summed E-state index contributed by atoms with van der Waals surface area (Å²) in [6, 6.07) is 3.47. The van der Waals surface area contributed by atoms with E-state index in [0.29, 0.717) is 10.7 Å². The average Bonchev–Trinajstić information content (AvgIpc) is 2.38. The number of hydrogen-bond donors (Lipinski definition) is 0. The van der Waals surface area contributed by atoms with Crippen molar-refractivity contribution >= 4 is 17.5 Å². The molecule has 1 amide bonds. The minimum Gasteiger partial charge on any atom is -0.339 e. The molecule has 104 valence electrons. The number of pyridine rings is 1. The lowest BCUT2D eigenvalue weighted by atomic mass is 9.92. The summed E-state index contributed by atoms with van der Waals surface area (Å²) >= 11 is 5.92. The number of hydrogen-bond acceptors (Lipinski definition) is 2. The van der Waals surface area contributed by atoms with E-state index in [1.165, 1.54) is 12.8 Å². The quantitative estimate of drug-likeness (QED) is 0.791. The van der Waals surface area contributed by atoms with Crippen LogP contribution in [0.15, 0.2) is 12.1 Å². The molecule has 0 aliphatic carbocycles. The highest BCUT2D eigenvalue weighted by molar-refractivity contribution is 6.29. The zero-order valence-electron chi connectivity index (χ0n) is 11.7. The number of amides is 1. The number of piperidine rings is 1. The average molecular weight is 281 g/mol. The maximum atomic E-state index is 12.4. The van der Waals surface area contributed by atoms with Crippen LogP contribution in [0.5, 0.6) is 0 Å². The summed E-state index contributed by atoms with van der Waals surface area (Å²) in [5, 5.41) is 0.393. The summed E-state index contributed by atoms with van der Waals surface area (Å²) in [5.74, 6) is 0.874. The van der Waals surface area contributed by atoms with Crippen LogP contribution in [0.4, 0.5) is 0 Å². The lowest BCUT2D eigenvalue weighted by Crippen LogP contribution is -2.38. The Balaban J connectivity index is 2.01. The third kappa shape index (κ3) is 3.69. The fraction of sp³-hybridized carbons (Fsp3) is 0.600. The molecule has 1 aliphatic rings. The van der Waals surface area contributed by atoms with Crippen LogP contribution < -0.4 is 0 Å². The number of nitrogens with zero attached hydrogens (tertiary/aromatic N) is 2. The van der Waals surface area contributed by atoms with Gasteiger partial charge in [-0.25, -0.2) is 4.98 Å². The molecule has 2 rings (SSSR count). The van der Waals surface area contributed by atoms with Gasteiger partial charge in [0.15, 0.2) is 0 Å². The predicted molar refractivity (Wildman–Crippen MR) is 77.5 cm³/mol. The van der Waals surface area contributed by atoms with Gasteiger partial charge in [0, 0.05) is 24.3 Å². The SMILES string of the molecule is CCCC1CCN(C(=O)c2cc(C)nc(Cl)c2)CC1. The Bertz CT molecular complexity index is 433. The molecule has 0 aromatic carbocycles. The van der Waals surface area contributed by atoms with Gasteiger partial charge in [-0.15, -0.1) is 0 Å². The summed E-state index contributed by atoms with van der Waals surface area (Å²) in [5.41, 5.74) is 1.45. The molecule has 2 heterocycles. The third-order valence-corrected chi connectivity index (χ3v) is 3.96. The Hall–Kier alpha value is -1.09. The number of carbonyl (C=O) groups is 1. The van der Waals surface area contributed by atoms with Crippen molar-refractivity contribution in [3.05, 3.63) is 28.5 Å². The standard InChI is InChI=1S/C15H21ClN2O/c1-3-4-12-5-7-18(8-6-12)15(19)13-9-11(2)17-14(16)10-13/h9-10,12H,3-8H2,1-2H3. The van der Waals surface area contributed by atoms with Crippen LogP contribution in [0.2, 0.25) is 5.15 Å². The molecule has 19 heavy (non-hydrogen) atoms. The van der Waals surface area contributed by atoms with E-state index in [1.54, 1.807) is 6.07 Å². The fourth-order valence-electron chi connectivity index (χ4n) is 2.77. The molecule has 1 aromatic rings. The lowest BCUT2D eigenvalue weighted by Gasteiger charge is -2.32. The monoisotopic (exact) mass is 280 g/mol. The summed E-state index contributed by atoms with van der Waals surface area (Å²) in [7, 11) is 0. The topological polar surface area (TPSA) is 33.2 Å². The van der Waals surface area contributed by atoms with Crippen molar-refractivity contribution in [1.29, 1.82) is 0 Å². The highest BCUT2D eigenvalue weighted by Gasteiger charge is 2.23. The Morgan fingerprint density at radius 1 is 1.42 bits per heavy atom. The second-order valence-electron chi connectivity index (χ2n) is 5.34. The van der Waals surface area contributed by atoms with Gasteiger partial charge in [-0.1, -0.05) is 31.4 Å². The van der Waals surface area contributed by atoms with Crippen molar-refractivity contribution in [2.45, 2.75) is 39.5 Å². The van der Waals surface area contributed by atoms with E-state index < -0.39 is 0 Å². The van der Waals surface area contributed by atoms with Crippen LogP contribution in [0.25, 0.3) is 0 Å². The molecule has 1 aliphatic heterocycles. The summed E-state index contributed by atoms with van der Waals surface area (Å²) in [6.45, 7) is 5.81. The molecule has 0 atom stereocenters. The van der Waals surface area contributed by atoms with Crippen molar-refractivity contribution in [3.63, 3.8) is 0 Å². The molecular weight excluding hydrogens is 260 g/mol. The predicted octanol–water partition coefficient (Wildman–Crippen LogP) is 3.70. The van der Waals surface area contributed by atoms with Crippen molar-refractivity contribution in [2.24, 2.45) is 5.92 Å². The Labute approximate surface area is 120 Å². The van der Waals surface area contributed by atoms with Gasteiger partial charge >= 0.3 is 0 Å². The third-order valence-electron chi connectivity index (χ3n) is 3.77. The maximum absolute atomic E-state index is 12.4. The molecule has 1 saturated heterocycles. The van der Waals surface area contributed by atoms with Crippen molar-refractivity contribution in [1.82, 2.24) is 9.88 Å². The van der Waals surface area contributed by atoms with Crippen LogP contribution in [-0.4, -0.2) is 28.9 Å². The van der Waals surface area contributed by atoms with Gasteiger partial charge in [0.1, 0.15) is 5.15 Å². The van der Waals surface area contributed by atoms with Crippen molar-refractivity contribution < 1.29 is 4.79 Å². The van der Waals surface area contributed by atoms with Gasteiger partial charge in [0.25, 0.3) is 5.91 Å². The molecule has 1 aromatic heterocycles. The van der Waals surface area contributed by atoms with Crippen molar-refractivity contribution in [2.75, 3.05) is 13.1 Å². The van der Waals surface area contributed by atoms with Gasteiger partial charge in [-0.3, -0.25) is 4.79 Å². The molecule has 3 nitrogen and oxygen atoms in total. The fourth-order valence-corrected chi connectivity index (χ4v) is 3.02. The van der Waals surface area contributed by atoms with Gasteiger partial charge in [0.05, 0.1) is 0 Å². The van der Waals surface area contributed by atoms with Gasteiger partial charge in [-0.05, 0) is 37.8 Å². The highest BCUT2D eigenvalue weighted by Crippen LogP contribution is 2.23. The van der Waals surface area contributed by atoms with E-state index in [1.807, 2.05) is 17.9 Å². The van der Waals surface area contributed by atoms with Crippen LogP contribution in [0.3, 0.4) is 0 Å². The van der Waals surface area contributed by atoms with E-state index in [2.05, 4.69) is 11.9 Å². The Morgan fingerprint density at radius 3 is 2.68 bits per heavy atom. The van der Waals surface area contributed by atoms with E-state index in [-0.39, 0.29) is 5.91 Å². The molecule has 0 radical (unpaired) electrons. The minimum atomic E-state index is 0.0855. The first-order chi connectivity index (χ1) is 9.10. The van der Waals surface area contributed by atoms with Gasteiger partial charge in [0.2, 0.25) is 0 Å². The number of aryl methyl sites for hydroxylation is 1. The largest absolute Gasteiger partial charge is 0.339 e. The number of likely N-dealkylation sites (tertiary alicyclic amines) is 1. The normalized spacial score (nSPS) is 16.7. The van der Waals surface area contributed by atoms with Gasteiger partial charge < -0.3 is 4.90 Å². The molecule has 0 bridgehead atoms. The molecule has 0 spiro atoms. The summed E-state index contributed by atoms with van der Waals surface area (Å²) < 4.78 is 0. The Kier molecular flexibility index (Phi) is 4.81. The molecule has 1 fully saturated rings. The molecular formula is C15H21ClN2O. The smallest absolute Gasteiger partial charge is 0.254 e. The van der Waals surface area contributed by atoms with Gasteiger partial charge in [-0.2, -0.15) is 0 Å². The van der Waals surface area contributed by atoms with Crippen LogP contribution in [-0.2, 0) is 0 Å². The maximum Gasteiger partial charge on any atom is 0.254 e. The second kappa shape index (κ2) is 6.38. The Morgan fingerprint density at radius 2 is 2.11 bits per heavy atom. The zero-order chi connectivity index (χ0) is 13.8. The first-order valence-electron chi connectivity index (χ1n) is 7.03. The molecule has 0 unspecified atom stereocenters. The van der Waals surface area contributed by atoms with Crippen LogP contribution >= 0.6 is 11.6 Å². The summed E-state index contributed by atoms with van der Waals surface area (Å²) in [6.07, 6.45) is 4.76. The van der Waals surface area contributed by atoms with E-state index in [4.69, 9.17) is 11.6 Å². The van der Waals surface area contributed by atoms with E-state index in [9.17, 15) is 4.79 Å². The molecule has 0 N–H and O–H groups in total. The zero-order valence-corrected chi connectivity index (χ0v) is 12.4. The minimum absolute atomic E-state index is 0.0855. The molecule has 0 saturated carbocycles. The molecule has 4 heteroatoms. The first kappa shape index (κ1) is 14.3. The number of aromatic nitrogens is 1.